The van der Waals surface area contributed by atoms with Gasteiger partial charge in [-0.1, -0.05) is 46.8 Å². The number of halogens is 1. The van der Waals surface area contributed by atoms with E-state index in [-0.39, 0.29) is 22.9 Å². The highest BCUT2D eigenvalue weighted by molar-refractivity contribution is 8.01. The van der Waals surface area contributed by atoms with Gasteiger partial charge in [-0.3, -0.25) is 9.69 Å². The Bertz CT molecular complexity index is 790. The average Bonchev–Trinajstić information content (AvgIpc) is 3.13. The third-order valence-corrected chi connectivity index (χ3v) is 6.05. The maximum Gasteiger partial charge on any atom is 0.251 e. The monoisotopic (exact) mass is 426 g/mol. The Hall–Kier alpha value is -1.59. The molecule has 1 aliphatic heterocycles. The van der Waals surface area contributed by atoms with Gasteiger partial charge in [-0.05, 0) is 17.7 Å². The predicted octanol–water partition coefficient (Wildman–Crippen LogP) is 2.96. The zero-order valence-electron chi connectivity index (χ0n) is 14.4. The summed E-state index contributed by atoms with van der Waals surface area (Å²) in [5, 5.41) is 14.7. The number of benzene rings is 1. The van der Waals surface area contributed by atoms with Crippen molar-refractivity contribution in [3.63, 3.8) is 0 Å². The summed E-state index contributed by atoms with van der Waals surface area (Å²) in [6.07, 6.45) is -0.0397. The van der Waals surface area contributed by atoms with Crippen LogP contribution in [0.4, 0.5) is 5.13 Å². The highest BCUT2D eigenvalue weighted by atomic mass is 35.5. The summed E-state index contributed by atoms with van der Waals surface area (Å²) in [7, 11) is 0. The van der Waals surface area contributed by atoms with Crippen molar-refractivity contribution in [3.05, 3.63) is 34.9 Å². The molecule has 1 unspecified atom stereocenters. The molecule has 3 rings (SSSR count). The van der Waals surface area contributed by atoms with Crippen molar-refractivity contribution in [1.29, 1.82) is 5.53 Å². The average molecular weight is 427 g/mol. The van der Waals surface area contributed by atoms with Gasteiger partial charge in [0.15, 0.2) is 4.34 Å². The summed E-state index contributed by atoms with van der Waals surface area (Å²) in [5.41, 5.74) is 8.04. The Morgan fingerprint density at radius 3 is 3.19 bits per heavy atom. The van der Waals surface area contributed by atoms with Gasteiger partial charge in [-0.15, -0.1) is 15.3 Å². The molecule has 1 aromatic heterocycles. The maximum absolute atomic E-state index is 12.0. The Labute approximate surface area is 170 Å². The van der Waals surface area contributed by atoms with Crippen molar-refractivity contribution >= 4 is 45.7 Å². The van der Waals surface area contributed by atoms with Gasteiger partial charge in [-0.25, -0.2) is 5.53 Å². The van der Waals surface area contributed by atoms with Crippen molar-refractivity contribution in [1.82, 2.24) is 20.4 Å². The quantitative estimate of drug-likeness (QED) is 0.496. The number of hydrogen-bond acceptors (Lipinski definition) is 9. The molecule has 0 saturated carbocycles. The summed E-state index contributed by atoms with van der Waals surface area (Å²) in [6.45, 7) is 3.53. The molecule has 27 heavy (non-hydrogen) atoms. The summed E-state index contributed by atoms with van der Waals surface area (Å²) in [5.74, 6) is 0.154. The SMILES string of the molecule is N=Nc1nnc(SCC(=O)NCC2CN(Cc3cccc(Cl)c3)CCO2)s1. The first-order chi connectivity index (χ1) is 13.1. The van der Waals surface area contributed by atoms with Crippen LogP contribution in [0.1, 0.15) is 5.56 Å². The van der Waals surface area contributed by atoms with E-state index in [0.717, 1.165) is 24.7 Å². The molecule has 11 heteroatoms. The molecule has 1 aliphatic rings. The third kappa shape index (κ3) is 6.51. The van der Waals surface area contributed by atoms with Crippen LogP contribution in [0.5, 0.6) is 0 Å². The van der Waals surface area contributed by atoms with Crippen LogP contribution in [-0.2, 0) is 16.1 Å². The van der Waals surface area contributed by atoms with Gasteiger partial charge in [-0.2, -0.15) is 0 Å². The van der Waals surface area contributed by atoms with E-state index in [9.17, 15) is 4.79 Å². The van der Waals surface area contributed by atoms with Crippen molar-refractivity contribution in [2.75, 3.05) is 32.0 Å². The van der Waals surface area contributed by atoms with Crippen LogP contribution in [0.2, 0.25) is 5.02 Å². The molecule has 144 valence electrons. The lowest BCUT2D eigenvalue weighted by Crippen LogP contribution is -2.47. The zero-order chi connectivity index (χ0) is 19.1. The van der Waals surface area contributed by atoms with Crippen LogP contribution in [0.15, 0.2) is 33.7 Å². The summed E-state index contributed by atoms with van der Waals surface area (Å²) < 4.78 is 6.38. The minimum atomic E-state index is -0.0878. The third-order valence-electron chi connectivity index (χ3n) is 3.86. The number of thioether (sulfide) groups is 1. The lowest BCUT2D eigenvalue weighted by atomic mass is 10.2. The molecule has 2 heterocycles. The van der Waals surface area contributed by atoms with Gasteiger partial charge in [0.1, 0.15) is 0 Å². The topological polar surface area (TPSA) is 104 Å². The number of rotatable bonds is 8. The fourth-order valence-electron chi connectivity index (χ4n) is 2.65. The molecule has 1 amide bonds. The number of morpholine rings is 1. The van der Waals surface area contributed by atoms with E-state index in [2.05, 4.69) is 31.6 Å². The number of carbonyl (C=O) groups excluding carboxylic acids is 1. The van der Waals surface area contributed by atoms with Crippen LogP contribution in [-0.4, -0.2) is 59.1 Å². The fourth-order valence-corrected chi connectivity index (χ4v) is 4.32. The van der Waals surface area contributed by atoms with Gasteiger partial charge in [0.25, 0.3) is 5.13 Å². The summed E-state index contributed by atoms with van der Waals surface area (Å²) >= 11 is 8.51. The lowest BCUT2D eigenvalue weighted by Gasteiger charge is -2.33. The van der Waals surface area contributed by atoms with Gasteiger partial charge in [0.2, 0.25) is 5.91 Å². The Morgan fingerprint density at radius 1 is 1.52 bits per heavy atom. The van der Waals surface area contributed by atoms with Crippen LogP contribution in [0, 0.1) is 5.53 Å². The first-order valence-corrected chi connectivity index (χ1v) is 10.5. The molecule has 1 fully saturated rings. The second-order valence-electron chi connectivity index (χ2n) is 5.91. The molecule has 0 aliphatic carbocycles. The Balaban J connectivity index is 1.39. The van der Waals surface area contributed by atoms with Gasteiger partial charge in [0.05, 0.1) is 18.5 Å². The van der Waals surface area contributed by atoms with Gasteiger partial charge in [0, 0.05) is 31.2 Å². The molecule has 2 N–H and O–H groups in total. The van der Waals surface area contributed by atoms with Crippen LogP contribution in [0.3, 0.4) is 0 Å². The highest BCUT2D eigenvalue weighted by Crippen LogP contribution is 2.26. The van der Waals surface area contributed by atoms with Gasteiger partial charge < -0.3 is 10.1 Å². The molecule has 0 radical (unpaired) electrons. The molecule has 0 spiro atoms. The Morgan fingerprint density at radius 2 is 2.41 bits per heavy atom. The molecular formula is C16H19ClN6O2S2. The molecular weight excluding hydrogens is 408 g/mol. The number of ether oxygens (including phenoxy) is 1. The lowest BCUT2D eigenvalue weighted by molar-refractivity contribution is -0.119. The maximum atomic E-state index is 12.0. The zero-order valence-corrected chi connectivity index (χ0v) is 16.8. The number of aromatic nitrogens is 2. The van der Waals surface area contributed by atoms with E-state index in [1.165, 1.54) is 28.7 Å². The minimum absolute atomic E-state index is 0.0397. The largest absolute Gasteiger partial charge is 0.374 e. The van der Waals surface area contributed by atoms with E-state index >= 15 is 0 Å². The number of amides is 1. The summed E-state index contributed by atoms with van der Waals surface area (Å²) in [6, 6.07) is 7.84. The Kier molecular flexibility index (Phi) is 7.53. The number of hydrogen-bond donors (Lipinski definition) is 2. The van der Waals surface area contributed by atoms with Crippen LogP contribution < -0.4 is 5.32 Å². The molecule has 1 saturated heterocycles. The van der Waals surface area contributed by atoms with Gasteiger partial charge >= 0.3 is 0 Å². The van der Waals surface area contributed by atoms with E-state index in [1.54, 1.807) is 0 Å². The van der Waals surface area contributed by atoms with Crippen LogP contribution >= 0.6 is 34.7 Å². The predicted molar refractivity (Wildman–Crippen MR) is 105 cm³/mol. The molecule has 0 bridgehead atoms. The number of nitrogens with one attached hydrogen (secondary N) is 2. The number of nitrogens with zero attached hydrogens (tertiary/aromatic N) is 4. The van der Waals surface area contributed by atoms with Crippen molar-refractivity contribution < 1.29 is 9.53 Å². The van der Waals surface area contributed by atoms with E-state index in [0.29, 0.717) is 17.5 Å². The van der Waals surface area contributed by atoms with Crippen molar-refractivity contribution in [2.24, 2.45) is 5.11 Å². The first-order valence-electron chi connectivity index (χ1n) is 8.31. The highest BCUT2D eigenvalue weighted by Gasteiger charge is 2.21. The second-order valence-corrected chi connectivity index (χ2v) is 8.53. The van der Waals surface area contributed by atoms with E-state index in [4.69, 9.17) is 21.9 Å². The number of carbonyl (C=O) groups is 1. The van der Waals surface area contributed by atoms with E-state index < -0.39 is 0 Å². The van der Waals surface area contributed by atoms with Crippen molar-refractivity contribution in [3.8, 4) is 0 Å². The fraction of sp³-hybridized carbons (Fsp3) is 0.438. The normalized spacial score (nSPS) is 17.6. The molecule has 2 aromatic rings. The smallest absolute Gasteiger partial charge is 0.251 e. The minimum Gasteiger partial charge on any atom is -0.374 e. The standard InChI is InChI=1S/C16H19ClN6O2S2/c17-12-3-1-2-11(6-12)8-23-4-5-25-13(9-23)7-19-14(24)10-26-16-22-21-15(20-18)27-16/h1-3,6,13,18H,4-5,7-10H2,(H,19,24). The van der Waals surface area contributed by atoms with E-state index in [1.807, 2.05) is 18.2 Å². The summed E-state index contributed by atoms with van der Waals surface area (Å²) in [4.78, 5) is 14.3. The van der Waals surface area contributed by atoms with Crippen molar-refractivity contribution in [2.45, 2.75) is 17.0 Å². The first kappa shape index (κ1) is 20.2. The molecule has 8 nitrogen and oxygen atoms in total. The second kappa shape index (κ2) is 10.1. The van der Waals surface area contributed by atoms with Crippen LogP contribution in [0.25, 0.3) is 0 Å². The molecule has 1 aromatic carbocycles. The molecule has 1 atom stereocenters.